The van der Waals surface area contributed by atoms with Crippen LogP contribution in [0.1, 0.15) is 38.3 Å². The second kappa shape index (κ2) is 13.0. The van der Waals surface area contributed by atoms with Crippen molar-refractivity contribution in [2.45, 2.75) is 51.6 Å². The number of hydrogen-bond acceptors (Lipinski definition) is 3. The number of hydrogen-bond donors (Lipinski definition) is 1. The predicted octanol–water partition coefficient (Wildman–Crippen LogP) is 6.87. The van der Waals surface area contributed by atoms with Crippen molar-refractivity contribution in [3.63, 3.8) is 0 Å². The summed E-state index contributed by atoms with van der Waals surface area (Å²) in [6, 6.07) is 9.88. The van der Waals surface area contributed by atoms with Gasteiger partial charge in [0.25, 0.3) is 0 Å². The van der Waals surface area contributed by atoms with Crippen molar-refractivity contribution in [2.75, 3.05) is 5.75 Å². The Labute approximate surface area is 213 Å². The molecule has 2 aromatic carbocycles. The molecule has 4 nitrogen and oxygen atoms in total. The lowest BCUT2D eigenvalue weighted by molar-refractivity contribution is -0.138. The van der Waals surface area contributed by atoms with E-state index in [4.69, 9.17) is 46.4 Å². The Hall–Kier alpha value is -1.11. The Balaban J connectivity index is 2.15. The fourth-order valence-electron chi connectivity index (χ4n) is 2.87. The molecule has 9 heteroatoms. The van der Waals surface area contributed by atoms with Crippen LogP contribution in [0.25, 0.3) is 0 Å². The monoisotopic (exact) mass is 534 g/mol. The summed E-state index contributed by atoms with van der Waals surface area (Å²) in [6.45, 7) is 5.76. The maximum Gasteiger partial charge on any atom is 0.242 e. The number of nitrogens with one attached hydrogen (secondary N) is 1. The Kier molecular flexibility index (Phi) is 11.0. The fourth-order valence-corrected chi connectivity index (χ4v) is 4.57. The number of carbonyl (C=O) groups excluding carboxylic acids is 2. The van der Waals surface area contributed by atoms with Crippen LogP contribution < -0.4 is 5.32 Å². The summed E-state index contributed by atoms with van der Waals surface area (Å²) in [7, 11) is 0. The molecule has 2 atom stereocenters. The van der Waals surface area contributed by atoms with Crippen LogP contribution in [-0.2, 0) is 21.9 Å². The highest BCUT2D eigenvalue weighted by molar-refractivity contribution is 7.99. The van der Waals surface area contributed by atoms with E-state index in [-0.39, 0.29) is 30.2 Å². The average molecular weight is 536 g/mol. The van der Waals surface area contributed by atoms with Gasteiger partial charge in [0.05, 0.1) is 15.8 Å². The molecule has 0 aliphatic carbocycles. The minimum atomic E-state index is -0.686. The van der Waals surface area contributed by atoms with Gasteiger partial charge in [0.2, 0.25) is 11.8 Å². The van der Waals surface area contributed by atoms with Crippen molar-refractivity contribution in [3.05, 3.63) is 67.6 Å². The Morgan fingerprint density at radius 2 is 1.66 bits per heavy atom. The quantitative estimate of drug-likeness (QED) is 0.361. The van der Waals surface area contributed by atoms with E-state index >= 15 is 0 Å². The molecule has 0 bridgehead atoms. The molecule has 0 spiro atoms. The molecular weight excluding hydrogens is 510 g/mol. The van der Waals surface area contributed by atoms with Gasteiger partial charge in [0.1, 0.15) is 6.04 Å². The van der Waals surface area contributed by atoms with Crippen molar-refractivity contribution in [3.8, 4) is 0 Å². The molecule has 0 saturated carbocycles. The molecule has 32 heavy (non-hydrogen) atoms. The molecule has 0 fully saturated rings. The van der Waals surface area contributed by atoms with Crippen molar-refractivity contribution in [1.29, 1.82) is 0 Å². The van der Waals surface area contributed by atoms with Crippen molar-refractivity contribution in [1.82, 2.24) is 10.2 Å². The highest BCUT2D eigenvalue weighted by atomic mass is 35.5. The summed E-state index contributed by atoms with van der Waals surface area (Å²) in [4.78, 5) is 27.5. The third kappa shape index (κ3) is 7.74. The Bertz CT molecular complexity index is 937. The van der Waals surface area contributed by atoms with Gasteiger partial charge in [-0.2, -0.15) is 0 Å². The first kappa shape index (κ1) is 27.1. The van der Waals surface area contributed by atoms with Crippen molar-refractivity contribution in [2.24, 2.45) is 0 Å². The van der Waals surface area contributed by atoms with Crippen LogP contribution in [0.3, 0.4) is 0 Å². The molecule has 0 radical (unpaired) electrons. The van der Waals surface area contributed by atoms with Gasteiger partial charge in [-0.1, -0.05) is 65.5 Å². The standard InChI is InChI=1S/C23H26Cl4N2O2S/c1-4-14(2)28-23(31)15(3)29(11-17-18(24)6-5-7-19(17)25)22(30)13-32-12-16-8-9-20(26)21(27)10-16/h5-10,14-15H,4,11-13H2,1-3H3,(H,28,31)/t14-,15+/m1/s1. The summed E-state index contributed by atoms with van der Waals surface area (Å²) in [5, 5.41) is 4.80. The molecule has 0 unspecified atom stereocenters. The van der Waals surface area contributed by atoms with E-state index in [1.807, 2.05) is 19.9 Å². The van der Waals surface area contributed by atoms with Crippen LogP contribution in [0.5, 0.6) is 0 Å². The number of amides is 2. The van der Waals surface area contributed by atoms with Crippen molar-refractivity contribution < 1.29 is 9.59 Å². The fraction of sp³-hybridized carbons (Fsp3) is 0.391. The minimum absolute atomic E-state index is 0.00910. The highest BCUT2D eigenvalue weighted by Crippen LogP contribution is 2.28. The minimum Gasteiger partial charge on any atom is -0.352 e. The number of carbonyl (C=O) groups is 2. The zero-order chi connectivity index (χ0) is 23.8. The number of rotatable bonds is 10. The lowest BCUT2D eigenvalue weighted by Crippen LogP contribution is -2.50. The third-order valence-electron chi connectivity index (χ3n) is 5.04. The summed E-state index contributed by atoms with van der Waals surface area (Å²) in [6.07, 6.45) is 0.794. The third-order valence-corrected chi connectivity index (χ3v) is 7.47. The number of benzene rings is 2. The SMILES string of the molecule is CC[C@@H](C)NC(=O)[C@H](C)N(Cc1c(Cl)cccc1Cl)C(=O)CSCc1ccc(Cl)c(Cl)c1. The van der Waals surface area contributed by atoms with E-state index in [1.165, 1.54) is 16.7 Å². The van der Waals surface area contributed by atoms with E-state index < -0.39 is 6.04 Å². The van der Waals surface area contributed by atoms with Gasteiger partial charge in [-0.3, -0.25) is 9.59 Å². The zero-order valence-electron chi connectivity index (χ0n) is 18.1. The summed E-state index contributed by atoms with van der Waals surface area (Å²) in [5.41, 5.74) is 1.57. The largest absolute Gasteiger partial charge is 0.352 e. The van der Waals surface area contributed by atoms with E-state index in [0.29, 0.717) is 31.4 Å². The molecule has 0 aliphatic rings. The predicted molar refractivity (Wildman–Crippen MR) is 137 cm³/mol. The second-order valence-corrected chi connectivity index (χ2v) is 10.1. The molecule has 174 valence electrons. The molecular formula is C23H26Cl4N2O2S. The summed E-state index contributed by atoms with van der Waals surface area (Å²) < 4.78 is 0. The average Bonchev–Trinajstić information content (AvgIpc) is 2.75. The first-order chi connectivity index (χ1) is 15.1. The smallest absolute Gasteiger partial charge is 0.242 e. The van der Waals surface area contributed by atoms with Crippen LogP contribution in [0.2, 0.25) is 20.1 Å². The first-order valence-electron chi connectivity index (χ1n) is 10.2. The van der Waals surface area contributed by atoms with Gasteiger partial charge in [0, 0.05) is 33.9 Å². The van der Waals surface area contributed by atoms with E-state index in [0.717, 1.165) is 12.0 Å². The van der Waals surface area contributed by atoms with Crippen LogP contribution in [-0.4, -0.2) is 34.6 Å². The van der Waals surface area contributed by atoms with E-state index in [2.05, 4.69) is 5.32 Å². The molecule has 1 N–H and O–H groups in total. The zero-order valence-corrected chi connectivity index (χ0v) is 22.0. The van der Waals surface area contributed by atoms with Crippen molar-refractivity contribution >= 4 is 70.0 Å². The van der Waals surface area contributed by atoms with E-state index in [9.17, 15) is 9.59 Å². The molecule has 0 heterocycles. The normalized spacial score (nSPS) is 12.8. The van der Waals surface area contributed by atoms with Gasteiger partial charge in [-0.05, 0) is 50.1 Å². The number of halogens is 4. The number of nitrogens with zero attached hydrogens (tertiary/aromatic N) is 1. The Morgan fingerprint density at radius 1 is 1.00 bits per heavy atom. The lowest BCUT2D eigenvalue weighted by atomic mass is 10.1. The maximum absolute atomic E-state index is 13.2. The van der Waals surface area contributed by atoms with Crippen LogP contribution in [0.4, 0.5) is 0 Å². The van der Waals surface area contributed by atoms with Gasteiger partial charge < -0.3 is 10.2 Å². The first-order valence-corrected chi connectivity index (χ1v) is 12.8. The van der Waals surface area contributed by atoms with E-state index in [1.54, 1.807) is 37.3 Å². The maximum atomic E-state index is 13.2. The molecule has 2 rings (SSSR count). The van der Waals surface area contributed by atoms with Crippen LogP contribution >= 0.6 is 58.2 Å². The van der Waals surface area contributed by atoms with Gasteiger partial charge in [0.15, 0.2) is 0 Å². The molecule has 0 saturated heterocycles. The second-order valence-electron chi connectivity index (χ2n) is 7.46. The number of thioether (sulfide) groups is 1. The topological polar surface area (TPSA) is 49.4 Å². The highest BCUT2D eigenvalue weighted by Gasteiger charge is 2.28. The molecule has 0 aromatic heterocycles. The van der Waals surface area contributed by atoms with Gasteiger partial charge in [-0.15, -0.1) is 11.8 Å². The lowest BCUT2D eigenvalue weighted by Gasteiger charge is -2.30. The van der Waals surface area contributed by atoms with Crippen LogP contribution in [0, 0.1) is 0 Å². The summed E-state index contributed by atoms with van der Waals surface area (Å²) >= 11 is 26.1. The summed E-state index contributed by atoms with van der Waals surface area (Å²) in [5.74, 6) is 0.364. The molecule has 2 amide bonds. The van der Waals surface area contributed by atoms with Crippen LogP contribution in [0.15, 0.2) is 36.4 Å². The van der Waals surface area contributed by atoms with Gasteiger partial charge in [-0.25, -0.2) is 0 Å². The molecule has 0 aliphatic heterocycles. The van der Waals surface area contributed by atoms with Gasteiger partial charge >= 0.3 is 0 Å². The Morgan fingerprint density at radius 3 is 2.25 bits per heavy atom. The molecule has 2 aromatic rings.